The lowest BCUT2D eigenvalue weighted by molar-refractivity contribution is 0.416. The second kappa shape index (κ2) is 5.24. The van der Waals surface area contributed by atoms with Gasteiger partial charge in [0.15, 0.2) is 0 Å². The largest absolute Gasteiger partial charge is 0.495 e. The van der Waals surface area contributed by atoms with Crippen LogP contribution in [0.2, 0.25) is 0 Å². The second-order valence-corrected chi connectivity index (χ2v) is 4.60. The highest BCUT2D eigenvalue weighted by molar-refractivity contribution is 5.66. The monoisotopic (exact) mass is 282 g/mol. The number of rotatable bonds is 3. The number of nitrogens with zero attached hydrogens (tertiary/aromatic N) is 3. The van der Waals surface area contributed by atoms with Gasteiger partial charge in [-0.1, -0.05) is 5.16 Å². The molecule has 0 aliphatic heterocycles. The summed E-state index contributed by atoms with van der Waals surface area (Å²) in [6.07, 6.45) is 1.71. The molecule has 21 heavy (non-hydrogen) atoms. The number of nitrogen functional groups attached to an aromatic ring is 1. The third-order valence-corrected chi connectivity index (χ3v) is 3.05. The molecule has 106 valence electrons. The van der Waals surface area contributed by atoms with E-state index in [4.69, 9.17) is 15.0 Å². The van der Waals surface area contributed by atoms with Crippen molar-refractivity contribution in [2.45, 2.75) is 6.92 Å². The molecule has 0 fully saturated rings. The van der Waals surface area contributed by atoms with Crippen LogP contribution in [0.4, 0.5) is 5.69 Å². The Labute approximate surface area is 121 Å². The molecule has 0 radical (unpaired) electrons. The quantitative estimate of drug-likeness (QED) is 0.743. The van der Waals surface area contributed by atoms with Crippen molar-refractivity contribution in [2.75, 3.05) is 12.8 Å². The minimum absolute atomic E-state index is 0.391. The molecule has 0 atom stereocenters. The van der Waals surface area contributed by atoms with E-state index in [-0.39, 0.29) is 0 Å². The molecular weight excluding hydrogens is 268 g/mol. The maximum Gasteiger partial charge on any atom is 0.258 e. The Morgan fingerprint density at radius 1 is 1.19 bits per heavy atom. The van der Waals surface area contributed by atoms with E-state index < -0.39 is 0 Å². The first-order valence-corrected chi connectivity index (χ1v) is 6.38. The Morgan fingerprint density at radius 2 is 2.05 bits per heavy atom. The predicted octanol–water partition coefficient (Wildman–Crippen LogP) is 2.70. The molecule has 2 N–H and O–H groups in total. The van der Waals surface area contributed by atoms with Gasteiger partial charge in [0.25, 0.3) is 5.89 Å². The van der Waals surface area contributed by atoms with Crippen LogP contribution >= 0.6 is 0 Å². The molecule has 3 rings (SSSR count). The van der Waals surface area contributed by atoms with Gasteiger partial charge in [0.1, 0.15) is 11.4 Å². The molecule has 2 heterocycles. The molecular formula is C15H14N4O2. The lowest BCUT2D eigenvalue weighted by Crippen LogP contribution is -1.92. The van der Waals surface area contributed by atoms with Gasteiger partial charge in [-0.15, -0.1) is 0 Å². The van der Waals surface area contributed by atoms with Crippen molar-refractivity contribution in [3.8, 4) is 28.7 Å². The van der Waals surface area contributed by atoms with Crippen LogP contribution in [0.1, 0.15) is 5.56 Å². The minimum Gasteiger partial charge on any atom is -0.495 e. The highest BCUT2D eigenvalue weighted by Gasteiger charge is 2.13. The van der Waals surface area contributed by atoms with Crippen LogP contribution in [-0.2, 0) is 0 Å². The van der Waals surface area contributed by atoms with Gasteiger partial charge < -0.3 is 15.0 Å². The fourth-order valence-corrected chi connectivity index (χ4v) is 1.97. The van der Waals surface area contributed by atoms with Gasteiger partial charge in [-0.2, -0.15) is 4.98 Å². The standard InChI is InChI=1S/C15H14N4O2/c1-9-5-6-17-12(7-9)14-18-15(21-19-14)10-3-4-13(20-2)11(16)8-10/h3-8H,16H2,1-2H3. The Bertz CT molecular complexity index is 783. The van der Waals surface area contributed by atoms with E-state index in [0.29, 0.717) is 28.8 Å². The summed E-state index contributed by atoms with van der Waals surface area (Å²) in [5, 5.41) is 3.96. The van der Waals surface area contributed by atoms with Crippen LogP contribution in [0.3, 0.4) is 0 Å². The topological polar surface area (TPSA) is 87.1 Å². The number of aromatic nitrogens is 3. The number of anilines is 1. The zero-order valence-electron chi connectivity index (χ0n) is 11.7. The second-order valence-electron chi connectivity index (χ2n) is 4.60. The number of aryl methyl sites for hydroxylation is 1. The van der Waals surface area contributed by atoms with E-state index in [0.717, 1.165) is 11.1 Å². The summed E-state index contributed by atoms with van der Waals surface area (Å²) < 4.78 is 10.4. The first-order chi connectivity index (χ1) is 10.2. The molecule has 6 heteroatoms. The van der Waals surface area contributed by atoms with E-state index in [2.05, 4.69) is 15.1 Å². The zero-order chi connectivity index (χ0) is 14.8. The summed E-state index contributed by atoms with van der Waals surface area (Å²) in [4.78, 5) is 8.58. The highest BCUT2D eigenvalue weighted by atomic mass is 16.5. The molecule has 2 aromatic heterocycles. The van der Waals surface area contributed by atoms with Crippen LogP contribution in [0, 0.1) is 6.92 Å². The fourth-order valence-electron chi connectivity index (χ4n) is 1.97. The average molecular weight is 282 g/mol. The maximum absolute atomic E-state index is 5.88. The number of hydrogen-bond donors (Lipinski definition) is 1. The molecule has 0 bridgehead atoms. The van der Waals surface area contributed by atoms with E-state index in [1.807, 2.05) is 25.1 Å². The molecule has 6 nitrogen and oxygen atoms in total. The summed E-state index contributed by atoms with van der Waals surface area (Å²) in [5.74, 6) is 1.45. The van der Waals surface area contributed by atoms with Crippen molar-refractivity contribution < 1.29 is 9.26 Å². The molecule has 0 aliphatic carbocycles. The number of hydrogen-bond acceptors (Lipinski definition) is 6. The smallest absolute Gasteiger partial charge is 0.258 e. The fraction of sp³-hybridized carbons (Fsp3) is 0.133. The molecule has 3 aromatic rings. The van der Waals surface area contributed by atoms with E-state index in [9.17, 15) is 0 Å². The van der Waals surface area contributed by atoms with Crippen LogP contribution < -0.4 is 10.5 Å². The van der Waals surface area contributed by atoms with Crippen molar-refractivity contribution in [1.29, 1.82) is 0 Å². The Morgan fingerprint density at radius 3 is 2.76 bits per heavy atom. The minimum atomic E-state index is 0.391. The zero-order valence-corrected chi connectivity index (χ0v) is 11.7. The maximum atomic E-state index is 5.88. The van der Waals surface area contributed by atoms with Gasteiger partial charge in [-0.25, -0.2) is 0 Å². The SMILES string of the molecule is COc1ccc(-c2nc(-c3cc(C)ccn3)no2)cc1N. The van der Waals surface area contributed by atoms with Gasteiger partial charge in [0.05, 0.1) is 12.8 Å². The first-order valence-electron chi connectivity index (χ1n) is 6.38. The van der Waals surface area contributed by atoms with Crippen LogP contribution in [0.25, 0.3) is 23.0 Å². The van der Waals surface area contributed by atoms with Gasteiger partial charge in [-0.05, 0) is 42.8 Å². The van der Waals surface area contributed by atoms with Crippen molar-refractivity contribution in [2.24, 2.45) is 0 Å². The van der Waals surface area contributed by atoms with Crippen molar-refractivity contribution in [3.05, 3.63) is 42.1 Å². The lowest BCUT2D eigenvalue weighted by Gasteiger charge is -2.04. The van der Waals surface area contributed by atoms with Crippen molar-refractivity contribution in [1.82, 2.24) is 15.1 Å². The molecule has 0 saturated carbocycles. The Kier molecular flexibility index (Phi) is 3.27. The Balaban J connectivity index is 1.96. The van der Waals surface area contributed by atoms with Gasteiger partial charge in [0.2, 0.25) is 5.82 Å². The number of methoxy groups -OCH3 is 1. The lowest BCUT2D eigenvalue weighted by atomic mass is 10.2. The van der Waals surface area contributed by atoms with Crippen LogP contribution in [0.5, 0.6) is 5.75 Å². The molecule has 0 aliphatic rings. The molecule has 1 aromatic carbocycles. The van der Waals surface area contributed by atoms with Crippen LogP contribution in [-0.4, -0.2) is 22.2 Å². The molecule has 0 saturated heterocycles. The molecule has 0 unspecified atom stereocenters. The number of pyridine rings is 1. The third-order valence-electron chi connectivity index (χ3n) is 3.05. The van der Waals surface area contributed by atoms with Gasteiger partial charge in [0, 0.05) is 11.8 Å². The van der Waals surface area contributed by atoms with E-state index >= 15 is 0 Å². The normalized spacial score (nSPS) is 10.6. The third kappa shape index (κ3) is 2.55. The summed E-state index contributed by atoms with van der Waals surface area (Å²) in [5.41, 5.74) is 8.89. The summed E-state index contributed by atoms with van der Waals surface area (Å²) in [6.45, 7) is 1.98. The number of benzene rings is 1. The van der Waals surface area contributed by atoms with Crippen molar-refractivity contribution >= 4 is 5.69 Å². The van der Waals surface area contributed by atoms with E-state index in [1.54, 1.807) is 25.4 Å². The molecule has 0 spiro atoms. The Hall–Kier alpha value is -2.89. The van der Waals surface area contributed by atoms with Gasteiger partial charge in [-0.3, -0.25) is 4.98 Å². The summed E-state index contributed by atoms with van der Waals surface area (Å²) >= 11 is 0. The summed E-state index contributed by atoms with van der Waals surface area (Å²) in [7, 11) is 1.57. The average Bonchev–Trinajstić information content (AvgIpc) is 2.97. The predicted molar refractivity (Wildman–Crippen MR) is 78.7 cm³/mol. The number of nitrogens with two attached hydrogens (primary N) is 1. The first kappa shape index (κ1) is 13.1. The number of ether oxygens (including phenoxy) is 1. The highest BCUT2D eigenvalue weighted by Crippen LogP contribution is 2.28. The summed E-state index contributed by atoms with van der Waals surface area (Å²) in [6, 6.07) is 9.13. The van der Waals surface area contributed by atoms with Crippen LogP contribution in [0.15, 0.2) is 41.1 Å². The van der Waals surface area contributed by atoms with E-state index in [1.165, 1.54) is 0 Å². The van der Waals surface area contributed by atoms with Crippen molar-refractivity contribution in [3.63, 3.8) is 0 Å². The molecule has 0 amide bonds. The van der Waals surface area contributed by atoms with Gasteiger partial charge >= 0.3 is 0 Å².